The molecule has 1 atom stereocenters. The molecule has 1 unspecified atom stereocenters. The number of nitrogens with two attached hydrogens (primary N) is 1. The van der Waals surface area contributed by atoms with Gasteiger partial charge < -0.3 is 5.73 Å². The molecular weight excluding hydrogens is 184 g/mol. The maximum Gasteiger partial charge on any atom is 0.0226 e. The molecular formula is C13H26N2. The Morgan fingerprint density at radius 1 is 1.13 bits per heavy atom. The van der Waals surface area contributed by atoms with Gasteiger partial charge in [0.05, 0.1) is 0 Å². The van der Waals surface area contributed by atoms with E-state index in [-0.39, 0.29) is 5.54 Å². The highest BCUT2D eigenvalue weighted by molar-refractivity contribution is 4.90. The largest absolute Gasteiger partial charge is 0.324 e. The highest BCUT2D eigenvalue weighted by Gasteiger charge is 2.34. The van der Waals surface area contributed by atoms with Crippen LogP contribution >= 0.6 is 0 Å². The van der Waals surface area contributed by atoms with Crippen LogP contribution in [0.5, 0.6) is 0 Å². The van der Waals surface area contributed by atoms with Crippen molar-refractivity contribution in [2.45, 2.75) is 64.0 Å². The van der Waals surface area contributed by atoms with E-state index < -0.39 is 0 Å². The summed E-state index contributed by atoms with van der Waals surface area (Å²) in [5.41, 5.74) is 6.11. The van der Waals surface area contributed by atoms with Gasteiger partial charge >= 0.3 is 0 Å². The molecule has 0 amide bonds. The van der Waals surface area contributed by atoms with Gasteiger partial charge in [0, 0.05) is 18.1 Å². The zero-order valence-electron chi connectivity index (χ0n) is 10.3. The van der Waals surface area contributed by atoms with Crippen molar-refractivity contribution in [3.63, 3.8) is 0 Å². The maximum absolute atomic E-state index is 6.13. The summed E-state index contributed by atoms with van der Waals surface area (Å²) in [5, 5.41) is 0. The quantitative estimate of drug-likeness (QED) is 0.775. The van der Waals surface area contributed by atoms with Crippen LogP contribution in [0.15, 0.2) is 0 Å². The normalized spacial score (nSPS) is 30.2. The van der Waals surface area contributed by atoms with Gasteiger partial charge in [-0.15, -0.1) is 0 Å². The third-order valence-electron chi connectivity index (χ3n) is 3.97. The Kier molecular flexibility index (Phi) is 3.36. The molecule has 0 aromatic carbocycles. The summed E-state index contributed by atoms with van der Waals surface area (Å²) in [6.07, 6.45) is 8.65. The van der Waals surface area contributed by atoms with Crippen molar-refractivity contribution in [2.75, 3.05) is 13.1 Å². The molecule has 2 nitrogen and oxygen atoms in total. The first-order valence-corrected chi connectivity index (χ1v) is 6.59. The van der Waals surface area contributed by atoms with Crippen LogP contribution in [-0.4, -0.2) is 29.6 Å². The number of likely N-dealkylation sites (tertiary alicyclic amines) is 1. The van der Waals surface area contributed by atoms with Gasteiger partial charge in [-0.25, -0.2) is 0 Å². The highest BCUT2D eigenvalue weighted by Crippen LogP contribution is 2.35. The summed E-state index contributed by atoms with van der Waals surface area (Å²) in [5.74, 6) is 0.981. The van der Waals surface area contributed by atoms with Crippen LogP contribution in [0.2, 0.25) is 0 Å². The average molecular weight is 210 g/mol. The first kappa shape index (κ1) is 11.4. The monoisotopic (exact) mass is 210 g/mol. The molecule has 0 bridgehead atoms. The lowest BCUT2D eigenvalue weighted by atomic mass is 9.95. The van der Waals surface area contributed by atoms with E-state index in [2.05, 4.69) is 18.7 Å². The first-order valence-electron chi connectivity index (χ1n) is 6.59. The van der Waals surface area contributed by atoms with Crippen LogP contribution < -0.4 is 5.73 Å². The third kappa shape index (κ3) is 2.94. The van der Waals surface area contributed by atoms with Crippen molar-refractivity contribution >= 4 is 0 Å². The van der Waals surface area contributed by atoms with Crippen molar-refractivity contribution in [1.82, 2.24) is 4.90 Å². The van der Waals surface area contributed by atoms with Crippen molar-refractivity contribution in [3.05, 3.63) is 0 Å². The molecule has 15 heavy (non-hydrogen) atoms. The molecule has 1 aliphatic heterocycles. The second-order valence-corrected chi connectivity index (χ2v) is 6.21. The molecule has 2 rings (SSSR count). The van der Waals surface area contributed by atoms with Crippen molar-refractivity contribution in [3.8, 4) is 0 Å². The van der Waals surface area contributed by atoms with Gasteiger partial charge in [-0.2, -0.15) is 0 Å². The van der Waals surface area contributed by atoms with Crippen molar-refractivity contribution in [2.24, 2.45) is 11.7 Å². The fourth-order valence-electron chi connectivity index (χ4n) is 3.45. The molecule has 0 aromatic heterocycles. The topological polar surface area (TPSA) is 29.3 Å². The van der Waals surface area contributed by atoms with E-state index in [0.29, 0.717) is 0 Å². The predicted molar refractivity (Wildman–Crippen MR) is 64.8 cm³/mol. The summed E-state index contributed by atoms with van der Waals surface area (Å²) in [6, 6.07) is 0.857. The number of hydrogen-bond donors (Lipinski definition) is 1. The molecule has 2 N–H and O–H groups in total. The zero-order valence-corrected chi connectivity index (χ0v) is 10.3. The summed E-state index contributed by atoms with van der Waals surface area (Å²) in [7, 11) is 0. The lowest BCUT2D eigenvalue weighted by Crippen LogP contribution is -2.48. The SMILES string of the molecule is CC(C)(N)CN1CCCC1C1CCCC1. The molecule has 0 aromatic rings. The van der Waals surface area contributed by atoms with Crippen LogP contribution in [-0.2, 0) is 0 Å². The first-order chi connectivity index (χ1) is 7.06. The maximum atomic E-state index is 6.13. The molecule has 2 aliphatic rings. The predicted octanol–water partition coefficient (Wildman–Crippen LogP) is 2.38. The minimum absolute atomic E-state index is 0.0266. The van der Waals surface area contributed by atoms with Crippen molar-refractivity contribution in [1.29, 1.82) is 0 Å². The van der Waals surface area contributed by atoms with E-state index in [1.54, 1.807) is 0 Å². The summed E-state index contributed by atoms with van der Waals surface area (Å²) >= 11 is 0. The van der Waals surface area contributed by atoms with Gasteiger partial charge in [0.15, 0.2) is 0 Å². The number of nitrogens with zero attached hydrogens (tertiary/aromatic N) is 1. The van der Waals surface area contributed by atoms with Gasteiger partial charge in [-0.3, -0.25) is 4.90 Å². The molecule has 1 heterocycles. The van der Waals surface area contributed by atoms with Gasteiger partial charge in [0.25, 0.3) is 0 Å². The molecule has 0 spiro atoms. The van der Waals surface area contributed by atoms with Gasteiger partial charge in [-0.1, -0.05) is 12.8 Å². The Morgan fingerprint density at radius 3 is 2.40 bits per heavy atom. The van der Waals surface area contributed by atoms with E-state index >= 15 is 0 Å². The summed E-state index contributed by atoms with van der Waals surface area (Å²) < 4.78 is 0. The molecule has 0 radical (unpaired) electrons. The van der Waals surface area contributed by atoms with E-state index in [1.165, 1.54) is 45.1 Å². The van der Waals surface area contributed by atoms with Crippen LogP contribution in [0.1, 0.15) is 52.4 Å². The Balaban J connectivity index is 1.92. The molecule has 1 saturated carbocycles. The van der Waals surface area contributed by atoms with E-state index in [1.807, 2.05) is 0 Å². The third-order valence-corrected chi connectivity index (χ3v) is 3.97. The standard InChI is InChI=1S/C13H26N2/c1-13(2,14)10-15-9-5-8-12(15)11-6-3-4-7-11/h11-12H,3-10,14H2,1-2H3. The Labute approximate surface area is 94.2 Å². The van der Waals surface area contributed by atoms with Crippen LogP contribution in [0.4, 0.5) is 0 Å². The summed E-state index contributed by atoms with van der Waals surface area (Å²) in [6.45, 7) is 6.66. The van der Waals surface area contributed by atoms with Crippen LogP contribution in [0.3, 0.4) is 0 Å². The second kappa shape index (κ2) is 4.42. The summed E-state index contributed by atoms with van der Waals surface area (Å²) in [4.78, 5) is 2.66. The van der Waals surface area contributed by atoms with Gasteiger partial charge in [0.1, 0.15) is 0 Å². The van der Waals surface area contributed by atoms with Crippen molar-refractivity contribution < 1.29 is 0 Å². The zero-order chi connectivity index (χ0) is 10.9. The van der Waals surface area contributed by atoms with Crippen LogP contribution in [0.25, 0.3) is 0 Å². The lowest BCUT2D eigenvalue weighted by molar-refractivity contribution is 0.162. The molecule has 2 heteroatoms. The lowest BCUT2D eigenvalue weighted by Gasteiger charge is -2.34. The highest BCUT2D eigenvalue weighted by atomic mass is 15.2. The Morgan fingerprint density at radius 2 is 1.80 bits per heavy atom. The van der Waals surface area contributed by atoms with E-state index in [9.17, 15) is 0 Å². The number of hydrogen-bond acceptors (Lipinski definition) is 2. The average Bonchev–Trinajstić information content (AvgIpc) is 2.68. The second-order valence-electron chi connectivity index (χ2n) is 6.21. The van der Waals surface area contributed by atoms with Crippen LogP contribution in [0, 0.1) is 5.92 Å². The smallest absolute Gasteiger partial charge is 0.0226 e. The molecule has 1 saturated heterocycles. The van der Waals surface area contributed by atoms with Gasteiger partial charge in [0.2, 0.25) is 0 Å². The number of rotatable bonds is 3. The molecule has 2 fully saturated rings. The fraction of sp³-hybridized carbons (Fsp3) is 1.00. The van der Waals surface area contributed by atoms with E-state index in [4.69, 9.17) is 5.73 Å². The van der Waals surface area contributed by atoms with E-state index in [0.717, 1.165) is 18.5 Å². The van der Waals surface area contributed by atoms with Gasteiger partial charge in [-0.05, 0) is 52.0 Å². The fourth-order valence-corrected chi connectivity index (χ4v) is 3.45. The molecule has 1 aliphatic carbocycles. The Bertz CT molecular complexity index is 201. The minimum atomic E-state index is -0.0266. The minimum Gasteiger partial charge on any atom is -0.324 e. The molecule has 88 valence electrons. The Hall–Kier alpha value is -0.0800.